The minimum Gasteiger partial charge on any atom is -0.344 e. The maximum absolute atomic E-state index is 12.6. The van der Waals surface area contributed by atoms with Crippen LogP contribution in [-0.4, -0.2) is 25.9 Å². The van der Waals surface area contributed by atoms with Crippen molar-refractivity contribution in [1.29, 1.82) is 0 Å². The second kappa shape index (κ2) is 5.96. The third-order valence-corrected chi connectivity index (χ3v) is 4.52. The number of para-hydroxylation sites is 1. The van der Waals surface area contributed by atoms with E-state index in [0.717, 1.165) is 41.8 Å². The molecule has 3 aromatic rings. The average Bonchev–Trinajstić information content (AvgIpc) is 3.32. The summed E-state index contributed by atoms with van der Waals surface area (Å²) in [4.78, 5) is 12.6. The van der Waals surface area contributed by atoms with Crippen molar-refractivity contribution in [2.45, 2.75) is 32.2 Å². The summed E-state index contributed by atoms with van der Waals surface area (Å²) < 4.78 is 1.81. The molecule has 0 saturated heterocycles. The SMILES string of the molecule is CC(NC(=O)c1n[nH]c2c1CCC2)c1ccccc1-n1cccn1. The molecule has 2 heterocycles. The van der Waals surface area contributed by atoms with Crippen molar-refractivity contribution in [2.75, 3.05) is 0 Å². The van der Waals surface area contributed by atoms with Gasteiger partial charge in [0.1, 0.15) is 0 Å². The molecule has 2 N–H and O–H groups in total. The first-order chi connectivity index (χ1) is 11.7. The molecule has 6 heteroatoms. The minimum atomic E-state index is -0.147. The van der Waals surface area contributed by atoms with Crippen molar-refractivity contribution in [3.63, 3.8) is 0 Å². The van der Waals surface area contributed by atoms with Crippen LogP contribution in [0.2, 0.25) is 0 Å². The van der Waals surface area contributed by atoms with Crippen LogP contribution < -0.4 is 5.32 Å². The van der Waals surface area contributed by atoms with Crippen LogP contribution in [0.5, 0.6) is 0 Å². The summed E-state index contributed by atoms with van der Waals surface area (Å²) in [5.41, 5.74) is 4.68. The summed E-state index contributed by atoms with van der Waals surface area (Å²) in [6, 6.07) is 9.68. The van der Waals surface area contributed by atoms with Crippen LogP contribution in [0, 0.1) is 0 Å². The number of nitrogens with zero attached hydrogens (tertiary/aromatic N) is 3. The fraction of sp³-hybridized carbons (Fsp3) is 0.278. The van der Waals surface area contributed by atoms with E-state index in [1.54, 1.807) is 6.20 Å². The zero-order chi connectivity index (χ0) is 16.5. The number of nitrogens with one attached hydrogen (secondary N) is 2. The largest absolute Gasteiger partial charge is 0.344 e. The highest BCUT2D eigenvalue weighted by Gasteiger charge is 2.24. The Morgan fingerprint density at radius 3 is 3.00 bits per heavy atom. The van der Waals surface area contributed by atoms with E-state index in [4.69, 9.17) is 0 Å². The maximum Gasteiger partial charge on any atom is 0.272 e. The molecule has 0 aliphatic heterocycles. The molecule has 0 bridgehead atoms. The smallest absolute Gasteiger partial charge is 0.272 e. The van der Waals surface area contributed by atoms with Gasteiger partial charge in [0, 0.05) is 23.7 Å². The highest BCUT2D eigenvalue weighted by molar-refractivity contribution is 5.94. The minimum absolute atomic E-state index is 0.128. The molecule has 0 fully saturated rings. The Labute approximate surface area is 139 Å². The maximum atomic E-state index is 12.6. The van der Waals surface area contributed by atoms with Gasteiger partial charge >= 0.3 is 0 Å². The molecule has 1 unspecified atom stereocenters. The van der Waals surface area contributed by atoms with Gasteiger partial charge in [-0.05, 0) is 43.9 Å². The van der Waals surface area contributed by atoms with Gasteiger partial charge in [0.05, 0.1) is 11.7 Å². The van der Waals surface area contributed by atoms with Crippen LogP contribution in [0.4, 0.5) is 0 Å². The van der Waals surface area contributed by atoms with Crippen molar-refractivity contribution in [1.82, 2.24) is 25.3 Å². The third kappa shape index (κ3) is 2.50. The van der Waals surface area contributed by atoms with E-state index in [0.29, 0.717) is 5.69 Å². The average molecular weight is 321 g/mol. The van der Waals surface area contributed by atoms with Gasteiger partial charge in [-0.15, -0.1) is 0 Å². The Morgan fingerprint density at radius 2 is 2.17 bits per heavy atom. The van der Waals surface area contributed by atoms with Gasteiger partial charge < -0.3 is 5.32 Å². The summed E-state index contributed by atoms with van der Waals surface area (Å²) in [5, 5.41) is 14.6. The number of aromatic amines is 1. The zero-order valence-electron chi connectivity index (χ0n) is 13.5. The molecule has 1 aromatic carbocycles. The summed E-state index contributed by atoms with van der Waals surface area (Å²) in [5.74, 6) is -0.128. The molecule has 122 valence electrons. The van der Waals surface area contributed by atoms with Gasteiger partial charge in [0.15, 0.2) is 5.69 Å². The van der Waals surface area contributed by atoms with Crippen molar-refractivity contribution < 1.29 is 4.79 Å². The van der Waals surface area contributed by atoms with Crippen LogP contribution in [-0.2, 0) is 12.8 Å². The molecule has 1 amide bonds. The van der Waals surface area contributed by atoms with E-state index in [2.05, 4.69) is 20.6 Å². The third-order valence-electron chi connectivity index (χ3n) is 4.52. The highest BCUT2D eigenvalue weighted by Crippen LogP contribution is 2.24. The van der Waals surface area contributed by atoms with E-state index in [1.165, 1.54) is 0 Å². The molecular weight excluding hydrogens is 302 g/mol. The van der Waals surface area contributed by atoms with Gasteiger partial charge in [-0.1, -0.05) is 18.2 Å². The number of hydrogen-bond acceptors (Lipinski definition) is 3. The molecule has 0 radical (unpaired) electrons. The predicted molar refractivity (Wildman–Crippen MR) is 90.1 cm³/mol. The molecule has 1 aliphatic carbocycles. The molecule has 2 aromatic heterocycles. The van der Waals surface area contributed by atoms with E-state index >= 15 is 0 Å². The Kier molecular flexibility index (Phi) is 3.65. The lowest BCUT2D eigenvalue weighted by atomic mass is 10.1. The number of hydrogen-bond donors (Lipinski definition) is 2. The van der Waals surface area contributed by atoms with E-state index in [-0.39, 0.29) is 11.9 Å². The van der Waals surface area contributed by atoms with Crippen LogP contribution >= 0.6 is 0 Å². The lowest BCUT2D eigenvalue weighted by Gasteiger charge is -2.17. The van der Waals surface area contributed by atoms with Gasteiger partial charge in [0.2, 0.25) is 0 Å². The monoisotopic (exact) mass is 321 g/mol. The van der Waals surface area contributed by atoms with E-state index < -0.39 is 0 Å². The molecule has 24 heavy (non-hydrogen) atoms. The van der Waals surface area contributed by atoms with Crippen molar-refractivity contribution in [3.05, 3.63) is 65.2 Å². The van der Waals surface area contributed by atoms with Crippen molar-refractivity contribution in [2.24, 2.45) is 0 Å². The molecule has 1 atom stereocenters. The Balaban J connectivity index is 1.59. The fourth-order valence-corrected chi connectivity index (χ4v) is 3.32. The summed E-state index contributed by atoms with van der Waals surface area (Å²) >= 11 is 0. The first-order valence-electron chi connectivity index (χ1n) is 8.20. The number of aromatic nitrogens is 4. The number of fused-ring (bicyclic) bond motifs is 1. The van der Waals surface area contributed by atoms with Gasteiger partial charge in [0.25, 0.3) is 5.91 Å². The number of amides is 1. The first kappa shape index (κ1) is 14.7. The normalized spacial score (nSPS) is 14.4. The molecule has 1 aliphatic rings. The molecule has 4 rings (SSSR count). The van der Waals surface area contributed by atoms with Crippen molar-refractivity contribution in [3.8, 4) is 5.69 Å². The molecular formula is C18H19N5O. The summed E-state index contributed by atoms with van der Waals surface area (Å²) in [6.07, 6.45) is 6.63. The Hall–Kier alpha value is -2.89. The highest BCUT2D eigenvalue weighted by atomic mass is 16.2. The molecule has 6 nitrogen and oxygen atoms in total. The second-order valence-electron chi connectivity index (χ2n) is 6.09. The molecule has 0 spiro atoms. The lowest BCUT2D eigenvalue weighted by Crippen LogP contribution is -2.28. The quantitative estimate of drug-likeness (QED) is 0.775. The number of carbonyl (C=O) groups excluding carboxylic acids is 1. The number of rotatable bonds is 4. The van der Waals surface area contributed by atoms with Crippen LogP contribution in [0.3, 0.4) is 0 Å². The summed E-state index contributed by atoms with van der Waals surface area (Å²) in [6.45, 7) is 1.98. The second-order valence-corrected chi connectivity index (χ2v) is 6.09. The van der Waals surface area contributed by atoms with Crippen LogP contribution in [0.15, 0.2) is 42.7 Å². The molecule has 0 saturated carbocycles. The fourth-order valence-electron chi connectivity index (χ4n) is 3.32. The van der Waals surface area contributed by atoms with Crippen molar-refractivity contribution >= 4 is 5.91 Å². The van der Waals surface area contributed by atoms with Crippen LogP contribution in [0.1, 0.15) is 46.7 Å². The number of H-pyrrole nitrogens is 1. The first-order valence-corrected chi connectivity index (χ1v) is 8.20. The van der Waals surface area contributed by atoms with Gasteiger partial charge in [-0.2, -0.15) is 10.2 Å². The zero-order valence-corrected chi connectivity index (χ0v) is 13.5. The number of aryl methyl sites for hydroxylation is 1. The Morgan fingerprint density at radius 1 is 1.29 bits per heavy atom. The van der Waals surface area contributed by atoms with Gasteiger partial charge in [-0.25, -0.2) is 4.68 Å². The van der Waals surface area contributed by atoms with E-state index in [1.807, 2.05) is 48.1 Å². The standard InChI is InChI=1S/C18H19N5O/c1-12(13-6-2-3-9-16(13)23-11-5-10-19-23)20-18(24)17-14-7-4-8-15(14)21-22-17/h2-3,5-6,9-12H,4,7-8H2,1H3,(H,20,24)(H,21,22). The predicted octanol–water partition coefficient (Wildman–Crippen LogP) is 2.58. The topological polar surface area (TPSA) is 75.6 Å². The number of carbonyl (C=O) groups is 1. The number of benzene rings is 1. The summed E-state index contributed by atoms with van der Waals surface area (Å²) in [7, 11) is 0. The lowest BCUT2D eigenvalue weighted by molar-refractivity contribution is 0.0934. The van der Waals surface area contributed by atoms with E-state index in [9.17, 15) is 4.79 Å². The Bertz CT molecular complexity index is 865. The van der Waals surface area contributed by atoms with Crippen LogP contribution in [0.25, 0.3) is 5.69 Å². The van der Waals surface area contributed by atoms with Gasteiger partial charge in [-0.3, -0.25) is 9.89 Å².